The van der Waals surface area contributed by atoms with E-state index in [1.54, 1.807) is 24.3 Å². The molecular weight excluding hydrogens is 342 g/mol. The summed E-state index contributed by atoms with van der Waals surface area (Å²) in [5.74, 6) is -0.144. The second-order valence-corrected chi connectivity index (χ2v) is 6.45. The lowest BCUT2D eigenvalue weighted by Crippen LogP contribution is -2.19. The Bertz CT molecular complexity index is 986. The zero-order valence-electron chi connectivity index (χ0n) is 13.3. The molecule has 1 aromatic carbocycles. The van der Waals surface area contributed by atoms with Crippen LogP contribution in [0.5, 0.6) is 0 Å². The fourth-order valence-corrected chi connectivity index (χ4v) is 3.14. The Kier molecular flexibility index (Phi) is 4.03. The zero-order chi connectivity index (χ0) is 17.4. The van der Waals surface area contributed by atoms with Gasteiger partial charge in [-0.3, -0.25) is 14.7 Å². The third-order valence-corrected chi connectivity index (χ3v) is 4.59. The van der Waals surface area contributed by atoms with Crippen LogP contribution in [0, 0.1) is 0 Å². The lowest BCUT2D eigenvalue weighted by molar-refractivity contribution is 0.102. The van der Waals surface area contributed by atoms with Crippen LogP contribution in [0.3, 0.4) is 0 Å². The monoisotopic (exact) mass is 357 g/mol. The first-order valence-electron chi connectivity index (χ1n) is 8.00. The Hall–Kier alpha value is -2.64. The third kappa shape index (κ3) is 3.04. The van der Waals surface area contributed by atoms with Crippen molar-refractivity contribution in [2.75, 3.05) is 18.4 Å². The molecule has 1 atom stereocenters. The van der Waals surface area contributed by atoms with Crippen molar-refractivity contribution in [1.82, 2.24) is 19.9 Å². The third-order valence-electron chi connectivity index (χ3n) is 4.34. The molecule has 1 unspecified atom stereocenters. The van der Waals surface area contributed by atoms with Crippen LogP contribution in [0.25, 0.3) is 5.65 Å². The van der Waals surface area contributed by atoms with Gasteiger partial charge in [0.1, 0.15) is 5.56 Å². The van der Waals surface area contributed by atoms with E-state index in [1.165, 1.54) is 16.8 Å². The van der Waals surface area contributed by atoms with Gasteiger partial charge in [0.15, 0.2) is 5.65 Å². The number of benzene rings is 1. The van der Waals surface area contributed by atoms with E-state index in [1.807, 2.05) is 0 Å². The Morgan fingerprint density at radius 2 is 2.12 bits per heavy atom. The first-order valence-corrected chi connectivity index (χ1v) is 8.38. The summed E-state index contributed by atoms with van der Waals surface area (Å²) in [4.78, 5) is 29.5. The van der Waals surface area contributed by atoms with Gasteiger partial charge in [0.05, 0.1) is 5.69 Å². The number of carbonyl (C=O) groups is 1. The summed E-state index contributed by atoms with van der Waals surface area (Å²) in [6, 6.07) is 8.34. The summed E-state index contributed by atoms with van der Waals surface area (Å²) in [6.45, 7) is 1.70. The molecule has 3 heterocycles. The molecule has 128 valence electrons. The van der Waals surface area contributed by atoms with Gasteiger partial charge < -0.3 is 10.6 Å². The van der Waals surface area contributed by atoms with Gasteiger partial charge in [-0.1, -0.05) is 11.6 Å². The number of carbonyl (C=O) groups excluding carboxylic acids is 1. The van der Waals surface area contributed by atoms with E-state index >= 15 is 0 Å². The van der Waals surface area contributed by atoms with Crippen LogP contribution in [0.4, 0.5) is 5.69 Å². The number of hydrogen-bond acceptors (Lipinski definition) is 4. The number of aromatic amines is 1. The lowest BCUT2D eigenvalue weighted by Gasteiger charge is -2.08. The number of fused-ring (bicyclic) bond motifs is 1. The van der Waals surface area contributed by atoms with Gasteiger partial charge >= 0.3 is 0 Å². The van der Waals surface area contributed by atoms with Gasteiger partial charge in [-0.25, -0.2) is 9.50 Å². The van der Waals surface area contributed by atoms with Gasteiger partial charge in [-0.15, -0.1) is 0 Å². The Morgan fingerprint density at radius 1 is 1.32 bits per heavy atom. The molecule has 0 radical (unpaired) electrons. The molecule has 0 saturated carbocycles. The van der Waals surface area contributed by atoms with Crippen LogP contribution in [-0.4, -0.2) is 33.6 Å². The molecule has 25 heavy (non-hydrogen) atoms. The van der Waals surface area contributed by atoms with Crippen LogP contribution < -0.4 is 16.2 Å². The molecule has 3 aromatic rings. The molecule has 7 nitrogen and oxygen atoms in total. The number of amides is 1. The Labute approximate surface area is 148 Å². The van der Waals surface area contributed by atoms with E-state index in [2.05, 4.69) is 20.7 Å². The summed E-state index contributed by atoms with van der Waals surface area (Å²) in [6.07, 6.45) is 2.42. The van der Waals surface area contributed by atoms with Crippen molar-refractivity contribution in [3.05, 3.63) is 63.2 Å². The maximum Gasteiger partial charge on any atom is 0.272 e. The Balaban J connectivity index is 1.70. The first-order chi connectivity index (χ1) is 12.1. The van der Waals surface area contributed by atoms with Crippen molar-refractivity contribution in [2.45, 2.75) is 12.3 Å². The number of aromatic nitrogens is 3. The smallest absolute Gasteiger partial charge is 0.272 e. The number of rotatable bonds is 3. The van der Waals surface area contributed by atoms with Crippen molar-refractivity contribution in [3.8, 4) is 0 Å². The van der Waals surface area contributed by atoms with Gasteiger partial charge in [0, 0.05) is 35.4 Å². The average Bonchev–Trinajstić information content (AvgIpc) is 3.26. The number of H-pyrrole nitrogens is 1. The van der Waals surface area contributed by atoms with Gasteiger partial charge in [0.2, 0.25) is 0 Å². The second kappa shape index (κ2) is 6.34. The molecule has 1 fully saturated rings. The number of hydrogen-bond donors (Lipinski definition) is 3. The summed E-state index contributed by atoms with van der Waals surface area (Å²) in [5.41, 5.74) is 1.76. The SMILES string of the molecule is O=C(Nc1ccc(Cl)cc1)c1c[nH]n2c(=O)cc(C3CCNC3)nc12. The van der Waals surface area contributed by atoms with E-state index in [0.29, 0.717) is 21.9 Å². The minimum absolute atomic E-state index is 0.194. The van der Waals surface area contributed by atoms with Crippen molar-refractivity contribution < 1.29 is 4.79 Å². The molecule has 1 aliphatic heterocycles. The van der Waals surface area contributed by atoms with Crippen LogP contribution in [-0.2, 0) is 0 Å². The van der Waals surface area contributed by atoms with Crippen molar-refractivity contribution in [1.29, 1.82) is 0 Å². The number of anilines is 1. The molecule has 3 N–H and O–H groups in total. The maximum atomic E-state index is 12.6. The van der Waals surface area contributed by atoms with Crippen LogP contribution in [0.2, 0.25) is 5.02 Å². The van der Waals surface area contributed by atoms with E-state index in [0.717, 1.165) is 25.2 Å². The highest BCUT2D eigenvalue weighted by Crippen LogP contribution is 2.21. The largest absolute Gasteiger partial charge is 0.322 e. The molecule has 4 rings (SSSR count). The highest BCUT2D eigenvalue weighted by Gasteiger charge is 2.22. The van der Waals surface area contributed by atoms with Crippen molar-refractivity contribution in [2.24, 2.45) is 0 Å². The van der Waals surface area contributed by atoms with E-state index in [9.17, 15) is 9.59 Å². The number of nitrogens with one attached hydrogen (secondary N) is 3. The Morgan fingerprint density at radius 3 is 2.84 bits per heavy atom. The van der Waals surface area contributed by atoms with Crippen LogP contribution in [0.15, 0.2) is 41.3 Å². The normalized spacial score (nSPS) is 17.1. The predicted molar refractivity (Wildman–Crippen MR) is 95.4 cm³/mol. The van der Waals surface area contributed by atoms with Gasteiger partial charge in [0.25, 0.3) is 11.5 Å². The molecule has 1 aliphatic rings. The molecule has 1 amide bonds. The quantitative estimate of drug-likeness (QED) is 0.668. The molecule has 0 bridgehead atoms. The van der Waals surface area contributed by atoms with Crippen molar-refractivity contribution >= 4 is 28.8 Å². The van der Waals surface area contributed by atoms with Gasteiger partial charge in [-0.05, 0) is 37.2 Å². The van der Waals surface area contributed by atoms with E-state index < -0.39 is 0 Å². The minimum Gasteiger partial charge on any atom is -0.322 e. The molecule has 0 spiro atoms. The van der Waals surface area contributed by atoms with Crippen LogP contribution >= 0.6 is 11.6 Å². The predicted octanol–water partition coefficient (Wildman–Crippen LogP) is 2.01. The summed E-state index contributed by atoms with van der Waals surface area (Å²) < 4.78 is 1.28. The highest BCUT2D eigenvalue weighted by atomic mass is 35.5. The topological polar surface area (TPSA) is 91.3 Å². The summed E-state index contributed by atoms with van der Waals surface area (Å²) in [7, 11) is 0. The van der Waals surface area contributed by atoms with Gasteiger partial charge in [-0.2, -0.15) is 0 Å². The molecule has 2 aromatic heterocycles. The van der Waals surface area contributed by atoms with E-state index in [4.69, 9.17) is 11.6 Å². The zero-order valence-corrected chi connectivity index (χ0v) is 14.0. The highest BCUT2D eigenvalue weighted by molar-refractivity contribution is 6.30. The minimum atomic E-state index is -0.338. The lowest BCUT2D eigenvalue weighted by atomic mass is 10.0. The average molecular weight is 358 g/mol. The summed E-state index contributed by atoms with van der Waals surface area (Å²) in [5, 5.41) is 9.43. The summed E-state index contributed by atoms with van der Waals surface area (Å²) >= 11 is 5.85. The fourth-order valence-electron chi connectivity index (χ4n) is 3.01. The first kappa shape index (κ1) is 15.9. The van der Waals surface area contributed by atoms with E-state index in [-0.39, 0.29) is 17.4 Å². The molecule has 8 heteroatoms. The number of nitrogens with zero attached hydrogens (tertiary/aromatic N) is 2. The molecule has 0 aliphatic carbocycles. The number of halogens is 1. The second-order valence-electron chi connectivity index (χ2n) is 6.02. The maximum absolute atomic E-state index is 12.6. The van der Waals surface area contributed by atoms with Crippen LogP contribution in [0.1, 0.15) is 28.4 Å². The molecular formula is C17H16ClN5O2. The van der Waals surface area contributed by atoms with Crippen molar-refractivity contribution in [3.63, 3.8) is 0 Å². The fraction of sp³-hybridized carbons (Fsp3) is 0.235. The standard InChI is InChI=1S/C17H16ClN5O2/c18-11-1-3-12(4-2-11)21-17(25)13-9-20-23-15(24)7-14(22-16(13)23)10-5-6-19-8-10/h1-4,7,9-10,19-20H,5-6,8H2,(H,21,25). The molecule has 1 saturated heterocycles.